The van der Waals surface area contributed by atoms with E-state index in [1.54, 1.807) is 0 Å². The van der Waals surface area contributed by atoms with E-state index in [-0.39, 0.29) is 0 Å². The summed E-state index contributed by atoms with van der Waals surface area (Å²) in [5.41, 5.74) is 5.41. The number of aromatic nitrogens is 1. The highest BCUT2D eigenvalue weighted by molar-refractivity contribution is 6.22. The molecule has 2 nitrogen and oxygen atoms in total. The highest BCUT2D eigenvalue weighted by atomic mass is 16.3. The molecule has 1 saturated carbocycles. The van der Waals surface area contributed by atoms with Crippen LogP contribution in [-0.4, -0.2) is 4.98 Å². The van der Waals surface area contributed by atoms with Gasteiger partial charge in [0.05, 0.1) is 5.69 Å². The topological polar surface area (TPSA) is 26.0 Å². The zero-order valence-corrected chi connectivity index (χ0v) is 16.4. The first-order chi connectivity index (χ1) is 14.4. The standard InChI is InChI=1S/C27H23NO/c1-2-8-18(9-3-1)19-14-15-28-24(17-19)23-16-20-10-4-5-11-21(20)26-22-12-6-7-13-25(22)29-27(23)26/h4-7,10-18H,1-3,8-9H2. The summed E-state index contributed by atoms with van der Waals surface area (Å²) >= 11 is 0. The fraction of sp³-hybridized carbons (Fsp3) is 0.222. The number of para-hydroxylation sites is 1. The van der Waals surface area contributed by atoms with Gasteiger partial charge in [-0.1, -0.05) is 61.7 Å². The normalized spacial score (nSPS) is 15.4. The van der Waals surface area contributed by atoms with Gasteiger partial charge in [0, 0.05) is 22.5 Å². The van der Waals surface area contributed by atoms with E-state index in [9.17, 15) is 0 Å². The van der Waals surface area contributed by atoms with Crippen LogP contribution in [0.3, 0.4) is 0 Å². The van der Waals surface area contributed by atoms with Gasteiger partial charge in [0.15, 0.2) is 0 Å². The number of benzene rings is 3. The van der Waals surface area contributed by atoms with Crippen LogP contribution in [0.25, 0.3) is 44.0 Å². The Labute approximate surface area is 170 Å². The van der Waals surface area contributed by atoms with E-state index in [4.69, 9.17) is 9.40 Å². The molecule has 0 amide bonds. The van der Waals surface area contributed by atoms with Crippen molar-refractivity contribution >= 4 is 32.7 Å². The monoisotopic (exact) mass is 377 g/mol. The van der Waals surface area contributed by atoms with E-state index in [1.807, 2.05) is 12.3 Å². The average Bonchev–Trinajstić information content (AvgIpc) is 3.19. The minimum absolute atomic E-state index is 0.664. The SMILES string of the molecule is c1ccc2c(c1)cc(-c1cc(C3CCCCC3)ccn1)c1oc3ccccc3c12. The van der Waals surface area contributed by atoms with Gasteiger partial charge in [-0.3, -0.25) is 4.98 Å². The third-order valence-electron chi connectivity index (χ3n) is 6.51. The summed E-state index contributed by atoms with van der Waals surface area (Å²) in [6.45, 7) is 0. The zero-order valence-electron chi connectivity index (χ0n) is 16.4. The van der Waals surface area contributed by atoms with Crippen molar-refractivity contribution in [2.45, 2.75) is 38.0 Å². The smallest absolute Gasteiger partial charge is 0.145 e. The van der Waals surface area contributed by atoms with E-state index in [0.29, 0.717) is 5.92 Å². The molecule has 2 heterocycles. The largest absolute Gasteiger partial charge is 0.455 e. The van der Waals surface area contributed by atoms with Crippen LogP contribution in [0.1, 0.15) is 43.6 Å². The molecule has 0 unspecified atom stereocenters. The Morgan fingerprint density at radius 3 is 2.48 bits per heavy atom. The van der Waals surface area contributed by atoms with Crippen molar-refractivity contribution in [1.82, 2.24) is 4.98 Å². The predicted molar refractivity (Wildman–Crippen MR) is 120 cm³/mol. The third kappa shape index (κ3) is 2.74. The second kappa shape index (κ2) is 6.73. The van der Waals surface area contributed by atoms with Crippen LogP contribution in [0.5, 0.6) is 0 Å². The van der Waals surface area contributed by atoms with Gasteiger partial charge in [-0.05, 0) is 59.4 Å². The quantitative estimate of drug-likeness (QED) is 0.313. The molecule has 0 bridgehead atoms. The maximum absolute atomic E-state index is 6.39. The van der Waals surface area contributed by atoms with Crippen LogP contribution >= 0.6 is 0 Å². The van der Waals surface area contributed by atoms with Crippen molar-refractivity contribution in [2.24, 2.45) is 0 Å². The van der Waals surface area contributed by atoms with Gasteiger partial charge in [-0.25, -0.2) is 0 Å². The second-order valence-electron chi connectivity index (χ2n) is 8.26. The number of furan rings is 1. The van der Waals surface area contributed by atoms with E-state index in [2.05, 4.69) is 60.7 Å². The number of rotatable bonds is 2. The molecule has 0 atom stereocenters. The number of hydrogen-bond donors (Lipinski definition) is 0. The number of nitrogens with zero attached hydrogens (tertiary/aromatic N) is 1. The Morgan fingerprint density at radius 2 is 1.59 bits per heavy atom. The molecule has 0 saturated heterocycles. The summed E-state index contributed by atoms with van der Waals surface area (Å²) < 4.78 is 6.39. The van der Waals surface area contributed by atoms with Gasteiger partial charge in [0.25, 0.3) is 0 Å². The molecule has 3 aromatic carbocycles. The molecule has 2 aromatic heterocycles. The molecule has 1 aliphatic rings. The fourth-order valence-corrected chi connectivity index (χ4v) is 5.05. The maximum Gasteiger partial charge on any atom is 0.145 e. The van der Waals surface area contributed by atoms with E-state index >= 15 is 0 Å². The molecule has 2 heteroatoms. The van der Waals surface area contributed by atoms with Crippen LogP contribution in [0.4, 0.5) is 0 Å². The summed E-state index contributed by atoms with van der Waals surface area (Å²) in [5, 5.41) is 4.83. The van der Waals surface area contributed by atoms with Crippen molar-refractivity contribution in [2.75, 3.05) is 0 Å². The van der Waals surface area contributed by atoms with Crippen molar-refractivity contribution in [3.63, 3.8) is 0 Å². The van der Waals surface area contributed by atoms with Crippen LogP contribution in [0.2, 0.25) is 0 Å². The van der Waals surface area contributed by atoms with Crippen LogP contribution < -0.4 is 0 Å². The molecule has 6 rings (SSSR count). The predicted octanol–water partition coefficient (Wildman–Crippen LogP) is 7.85. The number of hydrogen-bond acceptors (Lipinski definition) is 2. The minimum Gasteiger partial charge on any atom is -0.455 e. The van der Waals surface area contributed by atoms with E-state index in [0.717, 1.165) is 22.4 Å². The highest BCUT2D eigenvalue weighted by Crippen LogP contribution is 2.41. The minimum atomic E-state index is 0.664. The van der Waals surface area contributed by atoms with Crippen molar-refractivity contribution < 1.29 is 4.42 Å². The van der Waals surface area contributed by atoms with Gasteiger partial charge in [0.1, 0.15) is 11.2 Å². The summed E-state index contributed by atoms with van der Waals surface area (Å²) in [6, 6.07) is 23.7. The Morgan fingerprint density at radius 1 is 0.793 bits per heavy atom. The molecule has 1 aliphatic carbocycles. The van der Waals surface area contributed by atoms with Gasteiger partial charge in [-0.15, -0.1) is 0 Å². The summed E-state index contributed by atoms with van der Waals surface area (Å²) in [7, 11) is 0. The Kier molecular flexibility index (Phi) is 3.90. The first-order valence-corrected chi connectivity index (χ1v) is 10.7. The molecule has 142 valence electrons. The average molecular weight is 377 g/mol. The first kappa shape index (κ1) is 16.8. The molecular weight excluding hydrogens is 354 g/mol. The molecule has 29 heavy (non-hydrogen) atoms. The molecule has 0 aliphatic heterocycles. The van der Waals surface area contributed by atoms with Crippen LogP contribution in [0, 0.1) is 0 Å². The molecular formula is C27H23NO. The fourth-order valence-electron chi connectivity index (χ4n) is 5.05. The summed E-state index contributed by atoms with van der Waals surface area (Å²) in [5.74, 6) is 0.664. The lowest BCUT2D eigenvalue weighted by molar-refractivity contribution is 0.443. The summed E-state index contributed by atoms with van der Waals surface area (Å²) in [6.07, 6.45) is 8.61. The number of fused-ring (bicyclic) bond motifs is 5. The zero-order chi connectivity index (χ0) is 19.2. The van der Waals surface area contributed by atoms with Crippen LogP contribution in [0.15, 0.2) is 77.3 Å². The van der Waals surface area contributed by atoms with E-state index < -0.39 is 0 Å². The molecule has 0 radical (unpaired) electrons. The molecule has 0 spiro atoms. The lowest BCUT2D eigenvalue weighted by Gasteiger charge is -2.22. The molecule has 0 N–H and O–H groups in total. The van der Waals surface area contributed by atoms with Gasteiger partial charge in [0.2, 0.25) is 0 Å². The van der Waals surface area contributed by atoms with Crippen molar-refractivity contribution in [1.29, 1.82) is 0 Å². The highest BCUT2D eigenvalue weighted by Gasteiger charge is 2.19. The van der Waals surface area contributed by atoms with Gasteiger partial charge >= 0.3 is 0 Å². The number of pyridine rings is 1. The lowest BCUT2D eigenvalue weighted by Crippen LogP contribution is -2.04. The second-order valence-corrected chi connectivity index (χ2v) is 8.26. The van der Waals surface area contributed by atoms with Gasteiger partial charge < -0.3 is 4.42 Å². The van der Waals surface area contributed by atoms with Crippen molar-refractivity contribution in [3.8, 4) is 11.3 Å². The van der Waals surface area contributed by atoms with Gasteiger partial charge in [-0.2, -0.15) is 0 Å². The Balaban J connectivity index is 1.63. The maximum atomic E-state index is 6.39. The van der Waals surface area contributed by atoms with Crippen LogP contribution in [-0.2, 0) is 0 Å². The molecule has 1 fully saturated rings. The summed E-state index contributed by atoms with van der Waals surface area (Å²) in [4.78, 5) is 4.77. The Bertz CT molecular complexity index is 1340. The first-order valence-electron chi connectivity index (χ1n) is 10.7. The van der Waals surface area contributed by atoms with Crippen molar-refractivity contribution in [3.05, 3.63) is 78.5 Å². The lowest BCUT2D eigenvalue weighted by atomic mass is 9.84. The van der Waals surface area contributed by atoms with E-state index in [1.165, 1.54) is 59.2 Å². The Hall–Kier alpha value is -3.13. The third-order valence-corrected chi connectivity index (χ3v) is 6.51. The molecule has 5 aromatic rings.